The van der Waals surface area contributed by atoms with Crippen molar-refractivity contribution >= 4 is 11.8 Å². The van der Waals surface area contributed by atoms with Gasteiger partial charge in [0.05, 0.1) is 26.9 Å². The molecule has 0 saturated carbocycles. The maximum absolute atomic E-state index is 12.6. The molecule has 0 saturated heterocycles. The van der Waals surface area contributed by atoms with Crippen molar-refractivity contribution in [2.75, 3.05) is 34.5 Å². The van der Waals surface area contributed by atoms with Gasteiger partial charge < -0.3 is 23.5 Å². The van der Waals surface area contributed by atoms with E-state index in [1.165, 1.54) is 0 Å². The van der Waals surface area contributed by atoms with Crippen LogP contribution >= 0.6 is 0 Å². The number of nitrogens with zero attached hydrogens (tertiary/aromatic N) is 1. The van der Waals surface area contributed by atoms with E-state index >= 15 is 0 Å². The molecule has 2 aromatic rings. The normalized spacial score (nSPS) is 11.8. The van der Waals surface area contributed by atoms with Gasteiger partial charge in [0.25, 0.3) is 0 Å². The van der Waals surface area contributed by atoms with Crippen LogP contribution in [0.25, 0.3) is 0 Å². The molecule has 0 amide bonds. The van der Waals surface area contributed by atoms with E-state index in [0.717, 1.165) is 17.0 Å². The van der Waals surface area contributed by atoms with Gasteiger partial charge in [-0.25, -0.2) is 0 Å². The van der Waals surface area contributed by atoms with Gasteiger partial charge >= 0.3 is 5.97 Å². The van der Waals surface area contributed by atoms with Gasteiger partial charge in [-0.3, -0.25) is 9.59 Å². The molecule has 164 valence electrons. The number of hydrogen-bond acceptors (Lipinski definition) is 6. The maximum Gasteiger partial charge on any atom is 0.306 e. The number of esters is 1. The summed E-state index contributed by atoms with van der Waals surface area (Å²) in [6.45, 7) is 6.16. The van der Waals surface area contributed by atoms with E-state index in [1.807, 2.05) is 39.0 Å². The van der Waals surface area contributed by atoms with Crippen molar-refractivity contribution in [2.45, 2.75) is 39.7 Å². The fourth-order valence-corrected chi connectivity index (χ4v) is 3.63. The Balaban J connectivity index is 1.92. The first-order valence-electron chi connectivity index (χ1n) is 9.89. The Morgan fingerprint density at radius 2 is 1.73 bits per heavy atom. The van der Waals surface area contributed by atoms with Gasteiger partial charge in [0.1, 0.15) is 0 Å². The van der Waals surface area contributed by atoms with Crippen molar-refractivity contribution in [3.05, 3.63) is 46.8 Å². The van der Waals surface area contributed by atoms with Gasteiger partial charge in [0.15, 0.2) is 18.1 Å². The van der Waals surface area contributed by atoms with Gasteiger partial charge in [-0.1, -0.05) is 6.07 Å². The summed E-state index contributed by atoms with van der Waals surface area (Å²) in [5.41, 5.74) is 3.32. The predicted octanol–water partition coefficient (Wildman–Crippen LogP) is 3.69. The summed E-state index contributed by atoms with van der Waals surface area (Å²) in [5.74, 6) is 0.613. The molecule has 1 aromatic carbocycles. The quantitative estimate of drug-likeness (QED) is 0.410. The second-order valence-electron chi connectivity index (χ2n) is 7.23. The Hall–Kier alpha value is -2.80. The van der Waals surface area contributed by atoms with Gasteiger partial charge in [0.2, 0.25) is 5.78 Å². The van der Waals surface area contributed by atoms with Crippen molar-refractivity contribution < 1.29 is 28.5 Å². The maximum atomic E-state index is 12.6. The first-order chi connectivity index (χ1) is 14.3. The number of hydrogen-bond donors (Lipinski definition) is 0. The van der Waals surface area contributed by atoms with Crippen molar-refractivity contribution in [1.29, 1.82) is 0 Å². The summed E-state index contributed by atoms with van der Waals surface area (Å²) in [6, 6.07) is 7.44. The third-order valence-electron chi connectivity index (χ3n) is 5.06. The van der Waals surface area contributed by atoms with Gasteiger partial charge in [-0.2, -0.15) is 0 Å². The number of aryl methyl sites for hydroxylation is 2. The second kappa shape index (κ2) is 10.8. The first-order valence-corrected chi connectivity index (χ1v) is 9.89. The molecule has 0 aliphatic heterocycles. The molecular weight excluding hydrogens is 386 g/mol. The summed E-state index contributed by atoms with van der Waals surface area (Å²) in [7, 11) is 4.79. The molecule has 0 fully saturated rings. The fourth-order valence-electron chi connectivity index (χ4n) is 3.63. The summed E-state index contributed by atoms with van der Waals surface area (Å²) in [6.07, 6.45) is 0.656. The number of rotatable bonds is 11. The molecule has 0 bridgehead atoms. The molecule has 1 aromatic heterocycles. The van der Waals surface area contributed by atoms with Crippen LogP contribution in [0.4, 0.5) is 0 Å². The van der Waals surface area contributed by atoms with Gasteiger partial charge in [-0.15, -0.1) is 0 Å². The summed E-state index contributed by atoms with van der Waals surface area (Å²) < 4.78 is 23.0. The van der Waals surface area contributed by atoms with E-state index in [2.05, 4.69) is 4.57 Å². The van der Waals surface area contributed by atoms with Gasteiger partial charge in [0, 0.05) is 30.5 Å². The number of benzene rings is 1. The van der Waals surface area contributed by atoms with Crippen molar-refractivity contribution in [2.24, 2.45) is 0 Å². The van der Waals surface area contributed by atoms with Crippen LogP contribution in [0.5, 0.6) is 11.5 Å². The molecule has 0 radical (unpaired) electrons. The lowest BCUT2D eigenvalue weighted by atomic mass is 10.1. The number of aromatic nitrogens is 1. The van der Waals surface area contributed by atoms with Crippen LogP contribution in [0.1, 0.15) is 46.7 Å². The predicted molar refractivity (Wildman–Crippen MR) is 114 cm³/mol. The Kier molecular flexibility index (Phi) is 8.47. The number of carbonyl (C=O) groups excluding carboxylic acids is 2. The van der Waals surface area contributed by atoms with Crippen LogP contribution in [0, 0.1) is 13.8 Å². The molecule has 1 atom stereocenters. The Morgan fingerprint density at radius 3 is 2.37 bits per heavy atom. The molecule has 0 aliphatic rings. The highest BCUT2D eigenvalue weighted by atomic mass is 16.5. The number of methoxy groups -OCH3 is 3. The zero-order valence-corrected chi connectivity index (χ0v) is 18.6. The summed E-state index contributed by atoms with van der Waals surface area (Å²) in [5, 5.41) is 0. The molecule has 0 aliphatic carbocycles. The van der Waals surface area contributed by atoms with Crippen LogP contribution in [0.2, 0.25) is 0 Å². The Labute approximate surface area is 177 Å². The highest BCUT2D eigenvalue weighted by Crippen LogP contribution is 2.28. The lowest BCUT2D eigenvalue weighted by Crippen LogP contribution is -2.17. The molecule has 7 heteroatoms. The van der Waals surface area contributed by atoms with E-state index in [-0.39, 0.29) is 24.9 Å². The van der Waals surface area contributed by atoms with Crippen molar-refractivity contribution in [1.82, 2.24) is 4.57 Å². The lowest BCUT2D eigenvalue weighted by molar-refractivity contribution is -0.142. The minimum absolute atomic E-state index is 0.112. The zero-order chi connectivity index (χ0) is 22.3. The highest BCUT2D eigenvalue weighted by Gasteiger charge is 2.20. The highest BCUT2D eigenvalue weighted by molar-refractivity contribution is 5.99. The second-order valence-corrected chi connectivity index (χ2v) is 7.23. The number of carbonyl (C=O) groups is 2. The Morgan fingerprint density at radius 1 is 1.03 bits per heavy atom. The third-order valence-corrected chi connectivity index (χ3v) is 5.06. The van der Waals surface area contributed by atoms with Crippen LogP contribution < -0.4 is 9.47 Å². The number of ether oxygens (including phenoxy) is 4. The molecule has 7 nitrogen and oxygen atoms in total. The smallest absolute Gasteiger partial charge is 0.306 e. The minimum Gasteiger partial charge on any atom is -0.493 e. The van der Waals surface area contributed by atoms with Crippen LogP contribution in [-0.2, 0) is 20.7 Å². The van der Waals surface area contributed by atoms with E-state index in [4.69, 9.17) is 18.9 Å². The Bertz CT molecular complexity index is 886. The summed E-state index contributed by atoms with van der Waals surface area (Å²) >= 11 is 0. The standard InChI is InChI=1S/C23H31NO6/c1-15-11-19(17(3)24(15)16(2)13-27-4)20(25)14-30-23(26)10-8-18-7-9-21(28-5)22(12-18)29-6/h7,9,11-12,16H,8,10,13-14H2,1-6H3. The van der Waals surface area contributed by atoms with Crippen molar-refractivity contribution in [3.8, 4) is 11.5 Å². The first kappa shape index (κ1) is 23.5. The molecular formula is C23H31NO6. The molecule has 2 rings (SSSR count). The lowest BCUT2D eigenvalue weighted by Gasteiger charge is -2.17. The van der Waals surface area contributed by atoms with E-state index in [0.29, 0.717) is 30.1 Å². The SMILES string of the molecule is COCC(C)n1c(C)cc(C(=O)COC(=O)CCc2ccc(OC)c(OC)c2)c1C. The fraction of sp³-hybridized carbons (Fsp3) is 0.478. The van der Waals surface area contributed by atoms with Crippen LogP contribution in [0.3, 0.4) is 0 Å². The van der Waals surface area contributed by atoms with E-state index in [9.17, 15) is 9.59 Å². The molecule has 30 heavy (non-hydrogen) atoms. The average Bonchev–Trinajstić information content (AvgIpc) is 3.04. The van der Waals surface area contributed by atoms with Gasteiger partial charge in [-0.05, 0) is 51.0 Å². The minimum atomic E-state index is -0.417. The monoisotopic (exact) mass is 417 g/mol. The molecule has 1 unspecified atom stereocenters. The van der Waals surface area contributed by atoms with E-state index in [1.54, 1.807) is 27.4 Å². The van der Waals surface area contributed by atoms with E-state index < -0.39 is 5.97 Å². The topological polar surface area (TPSA) is 76.0 Å². The molecule has 1 heterocycles. The van der Waals surface area contributed by atoms with Crippen LogP contribution in [-0.4, -0.2) is 50.9 Å². The zero-order valence-electron chi connectivity index (χ0n) is 18.6. The number of Topliss-reactive ketones (excluding diaryl/α,β-unsaturated/α-hetero) is 1. The third kappa shape index (κ3) is 5.63. The average molecular weight is 418 g/mol. The largest absolute Gasteiger partial charge is 0.493 e. The molecule has 0 spiro atoms. The molecule has 0 N–H and O–H groups in total. The number of ketones is 1. The summed E-state index contributed by atoms with van der Waals surface area (Å²) in [4.78, 5) is 24.7. The van der Waals surface area contributed by atoms with Crippen molar-refractivity contribution in [3.63, 3.8) is 0 Å². The van der Waals surface area contributed by atoms with Crippen LogP contribution in [0.15, 0.2) is 24.3 Å².